The highest BCUT2D eigenvalue weighted by molar-refractivity contribution is 5.95. The van der Waals surface area contributed by atoms with Gasteiger partial charge in [0.05, 0.1) is 13.0 Å². The Bertz CT molecular complexity index is 622. The molecule has 8 heteroatoms. The normalized spacial score (nSPS) is 20.8. The van der Waals surface area contributed by atoms with E-state index in [4.69, 9.17) is 4.74 Å². The number of piperidine rings is 1. The molecule has 0 saturated carbocycles. The first kappa shape index (κ1) is 18.0. The maximum Gasteiger partial charge on any atom is 0.387 e. The molecule has 2 rings (SSSR count). The van der Waals surface area contributed by atoms with E-state index in [1.807, 2.05) is 6.92 Å². The number of rotatable bonds is 5. The van der Waals surface area contributed by atoms with Crippen molar-refractivity contribution < 1.29 is 33.0 Å². The zero-order valence-corrected chi connectivity index (χ0v) is 13.4. The zero-order chi connectivity index (χ0) is 17.9. The van der Waals surface area contributed by atoms with Crippen LogP contribution in [0.1, 0.15) is 23.7 Å². The Morgan fingerprint density at radius 1 is 1.29 bits per heavy atom. The number of benzene rings is 1. The Kier molecular flexibility index (Phi) is 5.58. The van der Waals surface area contributed by atoms with Crippen LogP contribution >= 0.6 is 0 Å². The second-order valence-corrected chi connectivity index (χ2v) is 5.83. The molecule has 0 radical (unpaired) electrons. The molecule has 6 nitrogen and oxygen atoms in total. The Balaban J connectivity index is 2.23. The summed E-state index contributed by atoms with van der Waals surface area (Å²) in [6.07, 6.45) is 0.501. The van der Waals surface area contributed by atoms with Gasteiger partial charge in [-0.15, -0.1) is 0 Å². The Labute approximate surface area is 138 Å². The van der Waals surface area contributed by atoms with E-state index in [9.17, 15) is 23.5 Å². The van der Waals surface area contributed by atoms with Crippen LogP contribution in [0, 0.1) is 11.8 Å². The third kappa shape index (κ3) is 4.12. The molecule has 0 spiro atoms. The SMILES string of the molecule is COc1ccc(C(=O)N2CC(C)CC(C(=O)O)C2)cc1OC(F)F. The van der Waals surface area contributed by atoms with Crippen LogP contribution in [0.15, 0.2) is 18.2 Å². The van der Waals surface area contributed by atoms with Crippen LogP contribution in [-0.2, 0) is 4.79 Å². The lowest BCUT2D eigenvalue weighted by Crippen LogP contribution is -2.45. The van der Waals surface area contributed by atoms with Gasteiger partial charge in [-0.05, 0) is 30.5 Å². The largest absolute Gasteiger partial charge is 0.493 e. The van der Waals surface area contributed by atoms with Gasteiger partial charge in [0.25, 0.3) is 5.91 Å². The number of carboxylic acid groups (broad SMARTS) is 1. The maximum atomic E-state index is 12.6. The molecule has 1 saturated heterocycles. The number of carbonyl (C=O) groups is 2. The van der Waals surface area contributed by atoms with Crippen LogP contribution in [0.3, 0.4) is 0 Å². The standard InChI is InChI=1S/C16H19F2NO5/c1-9-5-11(15(21)22)8-19(7-9)14(20)10-3-4-12(23-2)13(6-10)24-16(17)18/h3-4,6,9,11,16H,5,7-8H2,1-2H3,(H,21,22). The predicted octanol–water partition coefficient (Wildman–Crippen LogP) is 2.48. The molecule has 0 aliphatic carbocycles. The number of hydrogen-bond acceptors (Lipinski definition) is 4. The maximum absolute atomic E-state index is 12.6. The van der Waals surface area contributed by atoms with Gasteiger partial charge < -0.3 is 19.5 Å². The molecule has 24 heavy (non-hydrogen) atoms. The van der Waals surface area contributed by atoms with Crippen LogP contribution in [-0.4, -0.2) is 48.7 Å². The average Bonchev–Trinajstić information content (AvgIpc) is 2.52. The van der Waals surface area contributed by atoms with Crippen molar-refractivity contribution in [2.24, 2.45) is 11.8 Å². The van der Waals surface area contributed by atoms with Crippen LogP contribution in [0.5, 0.6) is 11.5 Å². The fourth-order valence-electron chi connectivity index (χ4n) is 2.88. The quantitative estimate of drug-likeness (QED) is 0.889. The van der Waals surface area contributed by atoms with E-state index in [0.29, 0.717) is 13.0 Å². The minimum atomic E-state index is -3.05. The summed E-state index contributed by atoms with van der Waals surface area (Å²) in [5.41, 5.74) is 0.143. The van der Waals surface area contributed by atoms with Crippen molar-refractivity contribution in [3.63, 3.8) is 0 Å². The van der Waals surface area contributed by atoms with E-state index < -0.39 is 24.4 Å². The van der Waals surface area contributed by atoms with E-state index in [1.165, 1.54) is 30.2 Å². The van der Waals surface area contributed by atoms with E-state index in [1.54, 1.807) is 0 Å². The first-order valence-corrected chi connectivity index (χ1v) is 7.46. The first-order chi connectivity index (χ1) is 11.3. The molecule has 1 aliphatic rings. The van der Waals surface area contributed by atoms with Gasteiger partial charge in [0.2, 0.25) is 0 Å². The summed E-state index contributed by atoms with van der Waals surface area (Å²) in [4.78, 5) is 25.2. The van der Waals surface area contributed by atoms with Gasteiger partial charge in [-0.25, -0.2) is 0 Å². The topological polar surface area (TPSA) is 76.1 Å². The summed E-state index contributed by atoms with van der Waals surface area (Å²) in [6, 6.07) is 3.99. The number of aliphatic carboxylic acids is 1. The van der Waals surface area contributed by atoms with Gasteiger partial charge in [-0.2, -0.15) is 8.78 Å². The molecule has 0 bridgehead atoms. The molecule has 132 valence electrons. The molecule has 0 aromatic heterocycles. The molecule has 1 fully saturated rings. The van der Waals surface area contributed by atoms with Crippen molar-refractivity contribution in [2.75, 3.05) is 20.2 Å². The summed E-state index contributed by atoms with van der Waals surface area (Å²) in [6.45, 7) is -0.667. The van der Waals surface area contributed by atoms with E-state index in [-0.39, 0.29) is 29.5 Å². The number of hydrogen-bond donors (Lipinski definition) is 1. The predicted molar refractivity (Wildman–Crippen MR) is 80.4 cm³/mol. The molecule has 1 aromatic carbocycles. The van der Waals surface area contributed by atoms with Crippen LogP contribution in [0.2, 0.25) is 0 Å². The van der Waals surface area contributed by atoms with Crippen molar-refractivity contribution >= 4 is 11.9 Å². The number of likely N-dealkylation sites (tertiary alicyclic amines) is 1. The molecule has 1 heterocycles. The average molecular weight is 343 g/mol. The monoisotopic (exact) mass is 343 g/mol. The fraction of sp³-hybridized carbons (Fsp3) is 0.500. The minimum Gasteiger partial charge on any atom is -0.493 e. The molecule has 1 amide bonds. The van der Waals surface area contributed by atoms with Gasteiger partial charge in [0.15, 0.2) is 11.5 Å². The lowest BCUT2D eigenvalue weighted by Gasteiger charge is -2.34. The first-order valence-electron chi connectivity index (χ1n) is 7.46. The van der Waals surface area contributed by atoms with Crippen molar-refractivity contribution in [3.8, 4) is 11.5 Å². The van der Waals surface area contributed by atoms with Gasteiger partial charge in [-0.3, -0.25) is 9.59 Å². The minimum absolute atomic E-state index is 0.0406. The molecule has 1 N–H and O–H groups in total. The molecule has 1 aliphatic heterocycles. The van der Waals surface area contributed by atoms with Gasteiger partial charge >= 0.3 is 12.6 Å². The third-order valence-corrected chi connectivity index (χ3v) is 3.92. The number of ether oxygens (including phenoxy) is 2. The number of alkyl halides is 2. The number of nitrogens with zero attached hydrogens (tertiary/aromatic N) is 1. The zero-order valence-electron chi connectivity index (χ0n) is 13.4. The highest BCUT2D eigenvalue weighted by Crippen LogP contribution is 2.31. The fourth-order valence-corrected chi connectivity index (χ4v) is 2.88. The lowest BCUT2D eigenvalue weighted by molar-refractivity contribution is -0.143. The summed E-state index contributed by atoms with van der Waals surface area (Å²) < 4.78 is 34.3. The number of methoxy groups -OCH3 is 1. The highest BCUT2D eigenvalue weighted by Gasteiger charge is 2.32. The Morgan fingerprint density at radius 2 is 2.00 bits per heavy atom. The lowest BCUT2D eigenvalue weighted by atomic mass is 9.90. The second-order valence-electron chi connectivity index (χ2n) is 5.83. The highest BCUT2D eigenvalue weighted by atomic mass is 19.3. The second kappa shape index (κ2) is 7.46. The third-order valence-electron chi connectivity index (χ3n) is 3.92. The molecule has 1 aromatic rings. The molecule has 2 unspecified atom stereocenters. The number of carbonyl (C=O) groups excluding carboxylic acids is 1. The van der Waals surface area contributed by atoms with Gasteiger partial charge in [0.1, 0.15) is 0 Å². The Hall–Kier alpha value is -2.38. The summed E-state index contributed by atoms with van der Waals surface area (Å²) in [7, 11) is 1.30. The van der Waals surface area contributed by atoms with Crippen LogP contribution in [0.25, 0.3) is 0 Å². The van der Waals surface area contributed by atoms with E-state index >= 15 is 0 Å². The number of amides is 1. The van der Waals surface area contributed by atoms with Crippen molar-refractivity contribution in [1.82, 2.24) is 4.90 Å². The van der Waals surface area contributed by atoms with Gasteiger partial charge in [-0.1, -0.05) is 6.92 Å². The van der Waals surface area contributed by atoms with Crippen molar-refractivity contribution in [1.29, 1.82) is 0 Å². The summed E-state index contributed by atoms with van der Waals surface area (Å²) >= 11 is 0. The van der Waals surface area contributed by atoms with Crippen molar-refractivity contribution in [3.05, 3.63) is 23.8 Å². The van der Waals surface area contributed by atoms with Crippen molar-refractivity contribution in [2.45, 2.75) is 20.0 Å². The van der Waals surface area contributed by atoms with E-state index in [0.717, 1.165) is 0 Å². The Morgan fingerprint density at radius 3 is 2.58 bits per heavy atom. The summed E-state index contributed by atoms with van der Waals surface area (Å²) in [5, 5.41) is 9.18. The molecular formula is C16H19F2NO5. The van der Waals surface area contributed by atoms with Crippen LogP contribution in [0.4, 0.5) is 8.78 Å². The number of carboxylic acids is 1. The molecular weight excluding hydrogens is 324 g/mol. The number of halogens is 2. The summed E-state index contributed by atoms with van der Waals surface area (Å²) in [5.74, 6) is -2.11. The molecule has 2 atom stereocenters. The van der Waals surface area contributed by atoms with Crippen LogP contribution < -0.4 is 9.47 Å². The smallest absolute Gasteiger partial charge is 0.387 e. The van der Waals surface area contributed by atoms with Gasteiger partial charge in [0, 0.05) is 18.7 Å². The van der Waals surface area contributed by atoms with E-state index in [2.05, 4.69) is 4.74 Å².